The van der Waals surface area contributed by atoms with Crippen LogP contribution < -0.4 is 0 Å². The summed E-state index contributed by atoms with van der Waals surface area (Å²) in [6, 6.07) is 0. The van der Waals surface area contributed by atoms with Crippen LogP contribution in [0.2, 0.25) is 0 Å². The molecule has 1 heterocycles. The van der Waals surface area contributed by atoms with E-state index in [1.54, 1.807) is 0 Å². The van der Waals surface area contributed by atoms with E-state index in [2.05, 4.69) is 16.0 Å². The molecule has 128 valence electrons. The second-order valence-electron chi connectivity index (χ2n) is 4.28. The van der Waals surface area contributed by atoms with Crippen molar-refractivity contribution in [3.8, 4) is 0 Å². The van der Waals surface area contributed by atoms with Gasteiger partial charge in [-0.15, -0.1) is 6.58 Å². The number of thioether (sulfide) groups is 1. The molecular weight excluding hydrogens is 342 g/mol. The number of hydrogen-bond donors (Lipinski definition) is 4. The van der Waals surface area contributed by atoms with Crippen LogP contribution in [0.15, 0.2) is 17.8 Å². The van der Waals surface area contributed by atoms with Gasteiger partial charge in [0.05, 0.1) is 6.61 Å². The standard InChI is InChI=1S/C10H17NO9S2/c1-2-3-6(11-20-22(16,17)18)21-10-9(15)8(14)7(13)5(4-12)19-10/h2,5,7-10,12-15H,1,3-4H2,(H,16,17,18)/p-1. The maximum absolute atomic E-state index is 10.4. The van der Waals surface area contributed by atoms with Crippen LogP contribution in [0.3, 0.4) is 0 Å². The Morgan fingerprint density at radius 3 is 2.50 bits per heavy atom. The molecule has 0 aromatic carbocycles. The van der Waals surface area contributed by atoms with Gasteiger partial charge in [-0.05, 0) is 0 Å². The van der Waals surface area contributed by atoms with E-state index in [1.165, 1.54) is 6.08 Å². The van der Waals surface area contributed by atoms with Crippen LogP contribution in [-0.2, 0) is 19.4 Å². The van der Waals surface area contributed by atoms with Crippen LogP contribution in [0.1, 0.15) is 6.42 Å². The van der Waals surface area contributed by atoms with Crippen LogP contribution in [0.4, 0.5) is 0 Å². The number of allylic oxidation sites excluding steroid dienone is 1. The SMILES string of the molecule is C=CCC(=NOS(=O)(=O)[O-])SC1OC(CO)C(O)C(O)C1O. The number of aliphatic hydroxyl groups is 4. The molecule has 0 saturated carbocycles. The second kappa shape index (κ2) is 8.21. The molecule has 1 fully saturated rings. The lowest BCUT2D eigenvalue weighted by molar-refractivity contribution is -0.205. The Hall–Kier alpha value is -0.730. The normalized spacial score (nSPS) is 33.5. The molecule has 0 aromatic heterocycles. The summed E-state index contributed by atoms with van der Waals surface area (Å²) in [5.41, 5.74) is -1.17. The van der Waals surface area contributed by atoms with Gasteiger partial charge in [0.2, 0.25) is 0 Å². The fraction of sp³-hybridized carbons (Fsp3) is 0.700. The Morgan fingerprint density at radius 2 is 2.00 bits per heavy atom. The van der Waals surface area contributed by atoms with E-state index in [1.807, 2.05) is 0 Å². The Morgan fingerprint density at radius 1 is 1.36 bits per heavy atom. The van der Waals surface area contributed by atoms with Crippen molar-refractivity contribution in [2.45, 2.75) is 36.3 Å². The highest BCUT2D eigenvalue weighted by Gasteiger charge is 2.44. The first-order valence-corrected chi connectivity index (χ1v) is 8.20. The number of oxime groups is 1. The third kappa shape index (κ3) is 5.48. The van der Waals surface area contributed by atoms with Crippen molar-refractivity contribution in [1.82, 2.24) is 0 Å². The summed E-state index contributed by atoms with van der Waals surface area (Å²) in [5.74, 6) is 0. The van der Waals surface area contributed by atoms with E-state index >= 15 is 0 Å². The molecule has 10 nitrogen and oxygen atoms in total. The van der Waals surface area contributed by atoms with Gasteiger partial charge >= 0.3 is 0 Å². The lowest BCUT2D eigenvalue weighted by atomic mass is 10.0. The first kappa shape index (κ1) is 19.3. The van der Waals surface area contributed by atoms with E-state index in [0.29, 0.717) is 11.8 Å². The zero-order valence-electron chi connectivity index (χ0n) is 11.2. The topological polar surface area (TPSA) is 169 Å². The summed E-state index contributed by atoms with van der Waals surface area (Å²) in [7, 11) is -5.04. The molecule has 1 aliphatic rings. The van der Waals surface area contributed by atoms with Crippen molar-refractivity contribution in [2.75, 3.05) is 6.61 Å². The van der Waals surface area contributed by atoms with Crippen LogP contribution >= 0.6 is 11.8 Å². The Bertz CT molecular complexity index is 507. The summed E-state index contributed by atoms with van der Waals surface area (Å²) in [4.78, 5) is 0. The van der Waals surface area contributed by atoms with Gasteiger partial charge in [-0.3, -0.25) is 4.28 Å². The minimum Gasteiger partial charge on any atom is -0.714 e. The van der Waals surface area contributed by atoms with Gasteiger partial charge in [0, 0.05) is 6.42 Å². The third-order valence-electron chi connectivity index (χ3n) is 2.65. The zero-order valence-corrected chi connectivity index (χ0v) is 12.8. The molecule has 0 bridgehead atoms. The molecule has 22 heavy (non-hydrogen) atoms. The Labute approximate surface area is 131 Å². The molecule has 5 unspecified atom stereocenters. The van der Waals surface area contributed by atoms with Crippen LogP contribution in [-0.4, -0.2) is 74.9 Å². The molecule has 0 aliphatic carbocycles. The van der Waals surface area contributed by atoms with Crippen molar-refractivity contribution in [1.29, 1.82) is 0 Å². The predicted octanol–water partition coefficient (Wildman–Crippen LogP) is -2.11. The zero-order chi connectivity index (χ0) is 16.9. The van der Waals surface area contributed by atoms with E-state index in [0.717, 1.165) is 0 Å². The smallest absolute Gasteiger partial charge is 0.284 e. The number of hydrogen-bond acceptors (Lipinski definition) is 11. The Balaban J connectivity index is 2.85. The summed E-state index contributed by atoms with van der Waals surface area (Å²) >= 11 is 0.660. The fourth-order valence-electron chi connectivity index (χ4n) is 1.62. The van der Waals surface area contributed by atoms with E-state index in [-0.39, 0.29) is 11.5 Å². The number of rotatable bonds is 6. The monoisotopic (exact) mass is 358 g/mol. The van der Waals surface area contributed by atoms with Gasteiger partial charge in [-0.2, -0.15) is 8.42 Å². The van der Waals surface area contributed by atoms with Crippen molar-refractivity contribution >= 4 is 27.2 Å². The lowest BCUT2D eigenvalue weighted by Crippen LogP contribution is -2.57. The molecule has 5 atom stereocenters. The van der Waals surface area contributed by atoms with Gasteiger partial charge in [-0.1, -0.05) is 23.0 Å². The summed E-state index contributed by atoms with van der Waals surface area (Å²) in [6.45, 7) is 2.80. The maximum atomic E-state index is 10.4. The van der Waals surface area contributed by atoms with Crippen molar-refractivity contribution in [3.05, 3.63) is 12.7 Å². The first-order chi connectivity index (χ1) is 10.2. The number of nitrogens with zero attached hydrogens (tertiary/aromatic N) is 1. The average molecular weight is 358 g/mol. The summed E-state index contributed by atoms with van der Waals surface area (Å²) < 4.78 is 40.1. The van der Waals surface area contributed by atoms with Crippen LogP contribution in [0.25, 0.3) is 0 Å². The third-order valence-corrected chi connectivity index (χ3v) is 4.04. The Kier molecular flexibility index (Phi) is 7.21. The molecule has 0 spiro atoms. The van der Waals surface area contributed by atoms with Gasteiger partial charge in [0.15, 0.2) is 0 Å². The molecule has 4 N–H and O–H groups in total. The highest BCUT2D eigenvalue weighted by molar-refractivity contribution is 8.14. The van der Waals surface area contributed by atoms with E-state index < -0.39 is 46.9 Å². The first-order valence-electron chi connectivity index (χ1n) is 5.99. The van der Waals surface area contributed by atoms with Crippen molar-refractivity contribution in [3.63, 3.8) is 0 Å². The summed E-state index contributed by atoms with van der Waals surface area (Å²) in [6.07, 6.45) is -4.44. The molecule has 0 aromatic rings. The highest BCUT2D eigenvalue weighted by Crippen LogP contribution is 2.30. The highest BCUT2D eigenvalue weighted by atomic mass is 32.3. The van der Waals surface area contributed by atoms with Crippen LogP contribution in [0, 0.1) is 0 Å². The molecular formula is C10H16NO9S2-. The number of ether oxygens (including phenoxy) is 1. The van der Waals surface area contributed by atoms with Gasteiger partial charge in [0.1, 0.15) is 34.9 Å². The largest absolute Gasteiger partial charge is 0.714 e. The molecule has 1 aliphatic heterocycles. The van der Waals surface area contributed by atoms with Crippen LogP contribution in [0.5, 0.6) is 0 Å². The lowest BCUT2D eigenvalue weighted by Gasteiger charge is -2.39. The van der Waals surface area contributed by atoms with Gasteiger partial charge in [0.25, 0.3) is 10.4 Å². The van der Waals surface area contributed by atoms with Crippen molar-refractivity contribution < 1.29 is 42.4 Å². The second-order valence-corrected chi connectivity index (χ2v) is 6.41. The maximum Gasteiger partial charge on any atom is 0.284 e. The minimum absolute atomic E-state index is 0.00475. The minimum atomic E-state index is -5.04. The molecule has 0 amide bonds. The fourth-order valence-corrected chi connectivity index (χ4v) is 2.91. The molecule has 12 heteroatoms. The quantitative estimate of drug-likeness (QED) is 0.103. The van der Waals surface area contributed by atoms with E-state index in [9.17, 15) is 28.3 Å². The van der Waals surface area contributed by atoms with E-state index in [4.69, 9.17) is 9.84 Å². The van der Waals surface area contributed by atoms with Gasteiger partial charge < -0.3 is 29.7 Å². The number of aliphatic hydroxyl groups excluding tert-OH is 4. The van der Waals surface area contributed by atoms with Gasteiger partial charge in [-0.25, -0.2) is 0 Å². The predicted molar refractivity (Wildman–Crippen MR) is 74.4 cm³/mol. The molecule has 1 rings (SSSR count). The molecule has 0 radical (unpaired) electrons. The molecule has 1 saturated heterocycles. The summed E-state index contributed by atoms with van der Waals surface area (Å²) in [5, 5.41) is 41.2. The van der Waals surface area contributed by atoms with Crippen molar-refractivity contribution in [2.24, 2.45) is 5.16 Å². The average Bonchev–Trinajstić information content (AvgIpc) is 2.44.